The Balaban J connectivity index is 1.48. The first-order chi connectivity index (χ1) is 11.8. The molecular weight excluding hydrogens is 318 g/mol. The molecule has 0 aliphatic rings. The summed E-state index contributed by atoms with van der Waals surface area (Å²) in [4.78, 5) is 13.5. The van der Waals surface area contributed by atoms with E-state index in [1.807, 2.05) is 42.5 Å². The van der Waals surface area contributed by atoms with Gasteiger partial charge in [0, 0.05) is 4.90 Å². The number of para-hydroxylation sites is 1. The predicted molar refractivity (Wildman–Crippen MR) is 97.2 cm³/mol. The number of benzene rings is 3. The number of hydrogen-bond donors (Lipinski definition) is 0. The van der Waals surface area contributed by atoms with Crippen LogP contribution in [0.4, 0.5) is 0 Å². The maximum Gasteiger partial charge on any atom is 0.164 e. The van der Waals surface area contributed by atoms with E-state index in [4.69, 9.17) is 0 Å². The number of rotatable bonds is 5. The first kappa shape index (κ1) is 14.9. The van der Waals surface area contributed by atoms with Crippen molar-refractivity contribution in [1.29, 1.82) is 0 Å². The van der Waals surface area contributed by atoms with Gasteiger partial charge in [0.1, 0.15) is 12.1 Å². The second kappa shape index (κ2) is 6.45. The topological polar surface area (TPSA) is 47.8 Å². The molecule has 0 radical (unpaired) electrons. The van der Waals surface area contributed by atoms with Gasteiger partial charge in [-0.05, 0) is 29.0 Å². The fourth-order valence-corrected chi connectivity index (χ4v) is 3.65. The highest BCUT2D eigenvalue weighted by atomic mass is 32.2. The molecule has 118 valence electrons. The summed E-state index contributed by atoms with van der Waals surface area (Å²) >= 11 is 1.57. The quantitative estimate of drug-likeness (QED) is 0.519. The van der Waals surface area contributed by atoms with Crippen LogP contribution in [0.15, 0.2) is 71.6 Å². The summed E-state index contributed by atoms with van der Waals surface area (Å²) in [7, 11) is 0. The average molecular weight is 333 g/mol. The molecule has 0 saturated carbocycles. The van der Waals surface area contributed by atoms with Gasteiger partial charge >= 0.3 is 0 Å². The van der Waals surface area contributed by atoms with E-state index in [9.17, 15) is 4.79 Å². The van der Waals surface area contributed by atoms with Gasteiger partial charge in [0.05, 0.1) is 11.3 Å². The molecule has 0 N–H and O–H groups in total. The monoisotopic (exact) mass is 333 g/mol. The molecule has 24 heavy (non-hydrogen) atoms. The van der Waals surface area contributed by atoms with Crippen LogP contribution >= 0.6 is 11.8 Å². The van der Waals surface area contributed by atoms with Crippen LogP contribution in [0.25, 0.3) is 21.8 Å². The highest BCUT2D eigenvalue weighted by molar-refractivity contribution is 8.00. The number of carbonyl (C=O) groups excluding carboxylic acids is 1. The van der Waals surface area contributed by atoms with Crippen molar-refractivity contribution in [3.8, 4) is 0 Å². The van der Waals surface area contributed by atoms with Crippen molar-refractivity contribution < 1.29 is 4.79 Å². The molecule has 0 unspecified atom stereocenters. The molecule has 0 bridgehead atoms. The lowest BCUT2D eigenvalue weighted by Crippen LogP contribution is -2.13. The molecule has 1 heterocycles. The first-order valence-corrected chi connectivity index (χ1v) is 8.70. The number of fused-ring (bicyclic) bond motifs is 2. The zero-order chi connectivity index (χ0) is 16.4. The van der Waals surface area contributed by atoms with E-state index in [1.54, 1.807) is 16.4 Å². The molecule has 0 aliphatic carbocycles. The summed E-state index contributed by atoms with van der Waals surface area (Å²) < 4.78 is 1.67. The molecule has 4 aromatic rings. The third-order valence-corrected chi connectivity index (χ3v) is 5.02. The standard InChI is InChI=1S/C19H15N3OS/c23-15(12-22-18-10-4-3-9-17(18)20-21-22)13-24-19-11-5-7-14-6-1-2-8-16(14)19/h1-11H,12-13H2. The number of ketones is 1. The van der Waals surface area contributed by atoms with Gasteiger partial charge in [-0.2, -0.15) is 0 Å². The summed E-state index contributed by atoms with van der Waals surface area (Å²) in [6.07, 6.45) is 0. The van der Waals surface area contributed by atoms with E-state index in [-0.39, 0.29) is 12.3 Å². The zero-order valence-corrected chi connectivity index (χ0v) is 13.7. The van der Waals surface area contributed by atoms with Gasteiger partial charge in [-0.1, -0.05) is 53.7 Å². The zero-order valence-electron chi connectivity index (χ0n) is 12.9. The SMILES string of the molecule is O=C(CSc1cccc2ccccc12)Cn1nnc2ccccc21. The Morgan fingerprint density at radius 2 is 1.75 bits per heavy atom. The van der Waals surface area contributed by atoms with E-state index in [0.717, 1.165) is 15.9 Å². The molecule has 0 saturated heterocycles. The van der Waals surface area contributed by atoms with Gasteiger partial charge in [0.2, 0.25) is 0 Å². The number of hydrogen-bond acceptors (Lipinski definition) is 4. The Kier molecular flexibility index (Phi) is 4.01. The molecule has 3 aromatic carbocycles. The van der Waals surface area contributed by atoms with Crippen LogP contribution in [-0.2, 0) is 11.3 Å². The van der Waals surface area contributed by atoms with Crippen molar-refractivity contribution in [2.24, 2.45) is 0 Å². The summed E-state index contributed by atoms with van der Waals surface area (Å²) in [5.74, 6) is 0.547. The third kappa shape index (κ3) is 2.90. The molecule has 0 amide bonds. The van der Waals surface area contributed by atoms with E-state index >= 15 is 0 Å². The van der Waals surface area contributed by atoms with Crippen LogP contribution in [0.3, 0.4) is 0 Å². The fraction of sp³-hybridized carbons (Fsp3) is 0.105. The van der Waals surface area contributed by atoms with Gasteiger partial charge in [-0.25, -0.2) is 4.68 Å². The molecule has 1 aromatic heterocycles. The predicted octanol–water partition coefficient (Wildman–Crippen LogP) is 3.95. The highest BCUT2D eigenvalue weighted by Crippen LogP contribution is 2.27. The van der Waals surface area contributed by atoms with Crippen molar-refractivity contribution >= 4 is 39.4 Å². The normalized spacial score (nSPS) is 11.2. The van der Waals surface area contributed by atoms with Crippen LogP contribution < -0.4 is 0 Å². The maximum atomic E-state index is 12.4. The van der Waals surface area contributed by atoms with Gasteiger partial charge in [-0.15, -0.1) is 16.9 Å². The van der Waals surface area contributed by atoms with Crippen molar-refractivity contribution in [2.75, 3.05) is 5.75 Å². The Morgan fingerprint density at radius 1 is 0.958 bits per heavy atom. The largest absolute Gasteiger partial charge is 0.297 e. The lowest BCUT2D eigenvalue weighted by atomic mass is 10.1. The Hall–Kier alpha value is -2.66. The Labute approximate surface area is 143 Å². The number of nitrogens with zero attached hydrogens (tertiary/aromatic N) is 3. The van der Waals surface area contributed by atoms with Crippen LogP contribution in [0.2, 0.25) is 0 Å². The van der Waals surface area contributed by atoms with Crippen LogP contribution in [0, 0.1) is 0 Å². The van der Waals surface area contributed by atoms with Gasteiger partial charge < -0.3 is 0 Å². The first-order valence-electron chi connectivity index (χ1n) is 7.72. The fourth-order valence-electron chi connectivity index (χ4n) is 2.73. The number of aromatic nitrogens is 3. The molecule has 0 spiro atoms. The van der Waals surface area contributed by atoms with Crippen molar-refractivity contribution in [1.82, 2.24) is 15.0 Å². The summed E-state index contributed by atoms with van der Waals surface area (Å²) in [5.41, 5.74) is 1.70. The molecule has 0 aliphatic heterocycles. The number of Topliss-reactive ketones (excluding diaryl/α,β-unsaturated/α-hetero) is 1. The number of carbonyl (C=O) groups is 1. The lowest BCUT2D eigenvalue weighted by molar-refractivity contribution is -0.117. The van der Waals surface area contributed by atoms with Crippen molar-refractivity contribution in [3.63, 3.8) is 0 Å². The molecular formula is C19H15N3OS. The van der Waals surface area contributed by atoms with Crippen LogP contribution in [0.1, 0.15) is 0 Å². The minimum absolute atomic E-state index is 0.128. The van der Waals surface area contributed by atoms with Crippen LogP contribution in [0.5, 0.6) is 0 Å². The summed E-state index contributed by atoms with van der Waals surface area (Å²) in [6, 6.07) is 22.1. The van der Waals surface area contributed by atoms with Gasteiger partial charge in [0.15, 0.2) is 5.78 Å². The van der Waals surface area contributed by atoms with Crippen LogP contribution in [-0.4, -0.2) is 26.5 Å². The second-order valence-corrected chi connectivity index (χ2v) is 6.56. The molecule has 4 nitrogen and oxygen atoms in total. The molecule has 0 fully saturated rings. The van der Waals surface area contributed by atoms with E-state index < -0.39 is 0 Å². The van der Waals surface area contributed by atoms with Crippen molar-refractivity contribution in [3.05, 3.63) is 66.7 Å². The Morgan fingerprint density at radius 3 is 2.71 bits per heavy atom. The van der Waals surface area contributed by atoms with E-state index in [2.05, 4.69) is 34.6 Å². The molecule has 5 heteroatoms. The summed E-state index contributed by atoms with van der Waals surface area (Å²) in [5, 5.41) is 10.5. The summed E-state index contributed by atoms with van der Waals surface area (Å²) in [6.45, 7) is 0.248. The average Bonchev–Trinajstić information content (AvgIpc) is 3.03. The van der Waals surface area contributed by atoms with Gasteiger partial charge in [-0.3, -0.25) is 4.79 Å². The second-order valence-electron chi connectivity index (χ2n) is 5.54. The van der Waals surface area contributed by atoms with Gasteiger partial charge in [0.25, 0.3) is 0 Å². The van der Waals surface area contributed by atoms with Crippen molar-refractivity contribution in [2.45, 2.75) is 11.4 Å². The minimum Gasteiger partial charge on any atom is -0.297 e. The highest BCUT2D eigenvalue weighted by Gasteiger charge is 2.10. The van der Waals surface area contributed by atoms with E-state index in [0.29, 0.717) is 5.75 Å². The number of thioether (sulfide) groups is 1. The smallest absolute Gasteiger partial charge is 0.164 e. The molecule has 4 rings (SSSR count). The third-order valence-electron chi connectivity index (χ3n) is 3.88. The molecule has 0 atom stereocenters. The van der Waals surface area contributed by atoms with E-state index in [1.165, 1.54) is 10.8 Å². The Bertz CT molecular complexity index is 1020. The maximum absolute atomic E-state index is 12.4. The lowest BCUT2D eigenvalue weighted by Gasteiger charge is -2.06. The minimum atomic E-state index is 0.128.